The van der Waals surface area contributed by atoms with Gasteiger partial charge in [0.2, 0.25) is 0 Å². The van der Waals surface area contributed by atoms with Crippen molar-refractivity contribution in [2.24, 2.45) is 0 Å². The first-order chi connectivity index (χ1) is 6.77. The van der Waals surface area contributed by atoms with E-state index in [4.69, 9.17) is 19.3 Å². The summed E-state index contributed by atoms with van der Waals surface area (Å²) < 4.78 is 21.4. The van der Waals surface area contributed by atoms with Gasteiger partial charge < -0.3 is 19.3 Å². The van der Waals surface area contributed by atoms with Gasteiger partial charge in [-0.05, 0) is 13.0 Å². The lowest BCUT2D eigenvalue weighted by atomic mass is 9.83. The van der Waals surface area contributed by atoms with Gasteiger partial charge in [0.25, 0.3) is 0 Å². The predicted octanol–water partition coefficient (Wildman–Crippen LogP) is -0.169. The Morgan fingerprint density at radius 1 is 1.67 bits per heavy atom. The average molecular weight is 234 g/mol. The van der Waals surface area contributed by atoms with Crippen LogP contribution in [0.15, 0.2) is 11.9 Å². The second-order valence-electron chi connectivity index (χ2n) is 3.97. The fraction of sp³-hybridized carbons (Fsp3) is 0.750. The van der Waals surface area contributed by atoms with Crippen LogP contribution < -0.4 is 0 Å². The van der Waals surface area contributed by atoms with Crippen molar-refractivity contribution < 1.29 is 23.8 Å². The van der Waals surface area contributed by atoms with Gasteiger partial charge in [-0.2, -0.15) is 0 Å². The highest BCUT2D eigenvalue weighted by Gasteiger charge is 2.41. The van der Waals surface area contributed by atoms with E-state index in [9.17, 15) is 4.57 Å². The van der Waals surface area contributed by atoms with Crippen molar-refractivity contribution in [1.82, 2.24) is 0 Å². The maximum absolute atomic E-state index is 10.6. The van der Waals surface area contributed by atoms with E-state index < -0.39 is 7.60 Å². The number of hydrogen-bond acceptors (Lipinski definition) is 3. The first-order valence-electron chi connectivity index (χ1n) is 4.72. The van der Waals surface area contributed by atoms with Crippen LogP contribution >= 0.6 is 7.60 Å². The molecule has 7 heteroatoms. The zero-order valence-corrected chi connectivity index (χ0v) is 9.98. The molecule has 1 heterocycles. The Morgan fingerprint density at radius 2 is 2.27 bits per heavy atom. The normalized spacial score (nSPS) is 37.6. The fourth-order valence-electron chi connectivity index (χ4n) is 1.59. The largest absolute Gasteiger partial charge is 0.377 e. The Bertz CT molecular complexity index is 301. The van der Waals surface area contributed by atoms with Crippen molar-refractivity contribution in [2.45, 2.75) is 31.1 Å². The number of methoxy groups -OCH3 is 1. The summed E-state index contributed by atoms with van der Waals surface area (Å²) in [4.78, 5) is 17.3. The lowest BCUT2D eigenvalue weighted by Gasteiger charge is -2.25. The predicted molar refractivity (Wildman–Crippen MR) is 58.4 cm³/mol. The van der Waals surface area contributed by atoms with Gasteiger partial charge in [0.05, 0.1) is 17.7 Å². The van der Waals surface area contributed by atoms with Gasteiger partial charge in [-0.3, -0.25) is 4.57 Å². The van der Waals surface area contributed by atoms with Crippen molar-refractivity contribution in [2.75, 3.05) is 7.11 Å². The van der Waals surface area contributed by atoms with E-state index in [-0.39, 0.29) is 17.7 Å². The summed E-state index contributed by atoms with van der Waals surface area (Å²) in [5.74, 6) is 0.881. The molecule has 1 saturated heterocycles. The van der Waals surface area contributed by atoms with E-state index in [1.807, 2.05) is 14.8 Å². The molecule has 2 N–H and O–H groups in total. The van der Waals surface area contributed by atoms with Crippen LogP contribution in [0.3, 0.4) is 0 Å². The highest BCUT2D eigenvalue weighted by atomic mass is 31.2. The van der Waals surface area contributed by atoms with Crippen LogP contribution in [0.25, 0.3) is 0 Å². The summed E-state index contributed by atoms with van der Waals surface area (Å²) in [6, 6.07) is -0.0890. The molecule has 0 aromatic heterocycles. The molecule has 0 aromatic rings. The van der Waals surface area contributed by atoms with Crippen LogP contribution in [-0.4, -0.2) is 42.5 Å². The lowest BCUT2D eigenvalue weighted by molar-refractivity contribution is -0.0223. The van der Waals surface area contributed by atoms with Crippen LogP contribution in [0.2, 0.25) is 0 Å². The summed E-state index contributed by atoms with van der Waals surface area (Å²) in [5, 5.41) is 0. The Hall–Kier alpha value is -0.125. The topological polar surface area (TPSA) is 76.0 Å². The van der Waals surface area contributed by atoms with Crippen LogP contribution in [0.1, 0.15) is 13.3 Å². The molecule has 0 amide bonds. The van der Waals surface area contributed by atoms with E-state index in [1.54, 1.807) is 7.11 Å². The van der Waals surface area contributed by atoms with E-state index in [2.05, 4.69) is 0 Å². The van der Waals surface area contributed by atoms with Crippen molar-refractivity contribution in [3.8, 4) is 0 Å². The third-order valence-electron chi connectivity index (χ3n) is 2.81. The van der Waals surface area contributed by atoms with Crippen LogP contribution in [-0.2, 0) is 14.0 Å². The Morgan fingerprint density at radius 3 is 2.67 bits per heavy atom. The average Bonchev–Trinajstić information content (AvgIpc) is 2.39. The van der Waals surface area contributed by atoms with Crippen molar-refractivity contribution in [3.05, 3.63) is 11.9 Å². The SMILES string of the molecule is B[C@@H]1O[C@H](/C=C/P(=O)(O)O)C[C@@]1(C)OC. The number of ether oxygens (including phenoxy) is 2. The summed E-state index contributed by atoms with van der Waals surface area (Å²) in [6.45, 7) is 1.92. The number of rotatable bonds is 3. The first-order valence-corrected chi connectivity index (χ1v) is 6.40. The summed E-state index contributed by atoms with van der Waals surface area (Å²) in [6.07, 6.45) is 1.71. The number of hydrogen-bond donors (Lipinski definition) is 2. The molecule has 0 unspecified atom stereocenters. The fourth-order valence-corrected chi connectivity index (χ4v) is 2.01. The lowest BCUT2D eigenvalue weighted by Crippen LogP contribution is -2.37. The molecule has 1 aliphatic rings. The van der Waals surface area contributed by atoms with Crippen molar-refractivity contribution in [3.63, 3.8) is 0 Å². The van der Waals surface area contributed by atoms with Gasteiger partial charge in [0.15, 0.2) is 0 Å². The third kappa shape index (κ3) is 3.43. The Balaban J connectivity index is 2.64. The zero-order chi connectivity index (χ0) is 11.7. The second-order valence-corrected chi connectivity index (χ2v) is 5.44. The molecule has 15 heavy (non-hydrogen) atoms. The van der Waals surface area contributed by atoms with Crippen molar-refractivity contribution >= 4 is 15.4 Å². The highest BCUT2D eigenvalue weighted by molar-refractivity contribution is 7.55. The molecule has 0 radical (unpaired) electrons. The van der Waals surface area contributed by atoms with Crippen LogP contribution in [0.5, 0.6) is 0 Å². The van der Waals surface area contributed by atoms with Gasteiger partial charge in [-0.15, -0.1) is 0 Å². The van der Waals surface area contributed by atoms with Gasteiger partial charge >= 0.3 is 7.60 Å². The minimum Gasteiger partial charge on any atom is -0.377 e. The monoisotopic (exact) mass is 234 g/mol. The molecular formula is C8H16BO5P. The zero-order valence-electron chi connectivity index (χ0n) is 9.08. The van der Waals surface area contributed by atoms with E-state index in [0.717, 1.165) is 5.82 Å². The molecule has 1 rings (SSSR count). The quantitative estimate of drug-likeness (QED) is 0.523. The third-order valence-corrected chi connectivity index (χ3v) is 3.37. The smallest absolute Gasteiger partial charge is 0.348 e. The summed E-state index contributed by atoms with van der Waals surface area (Å²) in [7, 11) is -0.600. The van der Waals surface area contributed by atoms with Gasteiger partial charge in [0.1, 0.15) is 7.85 Å². The van der Waals surface area contributed by atoms with Crippen LogP contribution in [0, 0.1) is 0 Å². The maximum Gasteiger partial charge on any atom is 0.348 e. The Labute approximate surface area is 90.0 Å². The molecule has 1 fully saturated rings. The van der Waals surface area contributed by atoms with Gasteiger partial charge in [0, 0.05) is 19.3 Å². The van der Waals surface area contributed by atoms with E-state index >= 15 is 0 Å². The molecule has 3 atom stereocenters. The molecule has 86 valence electrons. The standard InChI is InChI=1S/C8H16BO5P/c1-8(13-2)5-6(14-7(8)9)3-4-15(10,11)12/h3-4,6-7H,5,9H2,1-2H3,(H2,10,11,12)/b4-3+/t6-,7-,8-/m1/s1. The van der Waals surface area contributed by atoms with Gasteiger partial charge in [-0.25, -0.2) is 0 Å². The summed E-state index contributed by atoms with van der Waals surface area (Å²) >= 11 is 0. The molecule has 0 aliphatic carbocycles. The minimum atomic E-state index is -4.09. The minimum absolute atomic E-state index is 0.0890. The van der Waals surface area contributed by atoms with Crippen molar-refractivity contribution in [1.29, 1.82) is 0 Å². The molecular weight excluding hydrogens is 218 g/mol. The second kappa shape index (κ2) is 4.40. The first kappa shape index (κ1) is 12.9. The van der Waals surface area contributed by atoms with E-state index in [0.29, 0.717) is 6.42 Å². The molecule has 1 aliphatic heterocycles. The molecule has 0 aromatic carbocycles. The maximum atomic E-state index is 10.6. The molecule has 5 nitrogen and oxygen atoms in total. The highest BCUT2D eigenvalue weighted by Crippen LogP contribution is 2.38. The van der Waals surface area contributed by atoms with Crippen LogP contribution in [0.4, 0.5) is 0 Å². The Kier molecular flexibility index (Phi) is 3.79. The molecule has 0 saturated carbocycles. The summed E-state index contributed by atoms with van der Waals surface area (Å²) in [5.41, 5.74) is -0.385. The molecule has 0 bridgehead atoms. The van der Waals surface area contributed by atoms with E-state index in [1.165, 1.54) is 6.08 Å². The van der Waals surface area contributed by atoms with Gasteiger partial charge in [-0.1, -0.05) is 0 Å². The molecule has 0 spiro atoms.